The fraction of sp³-hybridized carbons (Fsp3) is 0.190. The third-order valence-corrected chi connectivity index (χ3v) is 5.70. The fourth-order valence-electron chi connectivity index (χ4n) is 3.63. The molecule has 0 bridgehead atoms. The lowest BCUT2D eigenvalue weighted by atomic mass is 9.94. The first-order chi connectivity index (χ1) is 14.2. The van der Waals surface area contributed by atoms with E-state index in [4.69, 9.17) is 32.7 Å². The molecule has 2 aliphatic rings. The van der Waals surface area contributed by atoms with Gasteiger partial charge in [-0.1, -0.05) is 59.6 Å². The summed E-state index contributed by atoms with van der Waals surface area (Å²) in [6.45, 7) is 0. The highest BCUT2D eigenvalue weighted by molar-refractivity contribution is 6.42. The first kappa shape index (κ1) is 20.8. The molecule has 4 rings (SSSR count). The fourth-order valence-corrected chi connectivity index (χ4v) is 4.03. The maximum atomic E-state index is 14.4. The summed E-state index contributed by atoms with van der Waals surface area (Å²) in [7, 11) is 1.01. The summed E-state index contributed by atoms with van der Waals surface area (Å²) in [6.07, 6.45) is -4.27. The number of benzene rings is 2. The Morgan fingerprint density at radius 3 is 2.57 bits per heavy atom. The number of allylic oxidation sites excluding steroid dienone is 1. The average molecular weight is 456 g/mol. The molecule has 0 aliphatic carbocycles. The molecule has 0 radical (unpaired) electrons. The molecule has 0 unspecified atom stereocenters. The summed E-state index contributed by atoms with van der Waals surface area (Å²) in [4.78, 5) is 13.6. The Bertz CT molecular complexity index is 1080. The maximum absolute atomic E-state index is 14.4. The van der Waals surface area contributed by atoms with Crippen LogP contribution in [0.3, 0.4) is 0 Å². The van der Waals surface area contributed by atoms with Gasteiger partial charge in [-0.05, 0) is 23.8 Å². The second kappa shape index (κ2) is 7.65. The van der Waals surface area contributed by atoms with Gasteiger partial charge in [0.15, 0.2) is 6.23 Å². The topological polar surface area (TPSA) is 38.8 Å². The summed E-state index contributed by atoms with van der Waals surface area (Å²) in [5.74, 6) is -1.17. The van der Waals surface area contributed by atoms with Crippen molar-refractivity contribution in [1.29, 1.82) is 0 Å². The van der Waals surface area contributed by atoms with Gasteiger partial charge in [-0.3, -0.25) is 0 Å². The molecule has 2 heterocycles. The second-order valence-electron chi connectivity index (χ2n) is 6.59. The molecule has 156 valence electrons. The largest absolute Gasteiger partial charge is 0.466 e. The van der Waals surface area contributed by atoms with E-state index in [0.717, 1.165) is 12.0 Å². The molecule has 0 saturated carbocycles. The molecule has 0 fully saturated rings. The van der Waals surface area contributed by atoms with E-state index in [1.807, 2.05) is 0 Å². The van der Waals surface area contributed by atoms with E-state index in [9.17, 15) is 18.0 Å². The molecule has 4 nitrogen and oxygen atoms in total. The number of methoxy groups -OCH3 is 1. The van der Waals surface area contributed by atoms with Gasteiger partial charge in [-0.15, -0.1) is 0 Å². The van der Waals surface area contributed by atoms with E-state index in [0.29, 0.717) is 5.56 Å². The predicted molar refractivity (Wildman–Crippen MR) is 107 cm³/mol. The van der Waals surface area contributed by atoms with Gasteiger partial charge in [0.25, 0.3) is 0 Å². The summed E-state index contributed by atoms with van der Waals surface area (Å²) in [6, 6.07) is 11.0. The Labute approximate surface area is 180 Å². The van der Waals surface area contributed by atoms with Crippen molar-refractivity contribution in [3.8, 4) is 0 Å². The summed E-state index contributed by atoms with van der Waals surface area (Å²) in [5, 5.41) is 0.128. The standard InChI is InChI=1S/C21H14Cl2F3NO3/c1-29-20(28)16-18(12-6-4-7-13(22)17(12)23)30-15-10-9-11-5-2-3-8-14(11)27(15)19(16)21(24,25)26/h2-10,15,18H,1H3/t15-,18+/m1/s1. The Morgan fingerprint density at radius 1 is 1.13 bits per heavy atom. The zero-order valence-corrected chi connectivity index (χ0v) is 16.9. The van der Waals surface area contributed by atoms with Crippen LogP contribution in [0.5, 0.6) is 0 Å². The van der Waals surface area contributed by atoms with Crippen LogP contribution in [0.4, 0.5) is 18.9 Å². The van der Waals surface area contributed by atoms with E-state index in [2.05, 4.69) is 0 Å². The third kappa shape index (κ3) is 3.37. The molecule has 0 amide bonds. The van der Waals surface area contributed by atoms with Crippen molar-refractivity contribution in [1.82, 2.24) is 0 Å². The molecule has 2 aliphatic heterocycles. The zero-order valence-electron chi connectivity index (χ0n) is 15.4. The van der Waals surface area contributed by atoms with E-state index < -0.39 is 35.7 Å². The molecule has 0 spiro atoms. The highest BCUT2D eigenvalue weighted by atomic mass is 35.5. The molecule has 9 heteroatoms. The first-order valence-electron chi connectivity index (χ1n) is 8.79. The lowest BCUT2D eigenvalue weighted by molar-refractivity contribution is -0.142. The number of halogens is 5. The van der Waals surface area contributed by atoms with Crippen molar-refractivity contribution in [2.45, 2.75) is 18.5 Å². The number of hydrogen-bond acceptors (Lipinski definition) is 4. The van der Waals surface area contributed by atoms with Crippen molar-refractivity contribution in [3.63, 3.8) is 0 Å². The number of esters is 1. The average Bonchev–Trinajstić information content (AvgIpc) is 2.73. The van der Waals surface area contributed by atoms with Crippen molar-refractivity contribution >= 4 is 40.9 Å². The van der Waals surface area contributed by atoms with E-state index in [1.54, 1.807) is 24.3 Å². The molecule has 0 N–H and O–H groups in total. The Morgan fingerprint density at radius 2 is 1.87 bits per heavy atom. The van der Waals surface area contributed by atoms with Crippen molar-refractivity contribution in [2.75, 3.05) is 12.0 Å². The quantitative estimate of drug-likeness (QED) is 0.527. The second-order valence-corrected chi connectivity index (χ2v) is 7.37. The van der Waals surface area contributed by atoms with Crippen LogP contribution in [0, 0.1) is 0 Å². The van der Waals surface area contributed by atoms with Crippen LogP contribution in [0.15, 0.2) is 59.8 Å². The summed E-state index contributed by atoms with van der Waals surface area (Å²) >= 11 is 12.3. The normalized spacial score (nSPS) is 20.7. The monoisotopic (exact) mass is 455 g/mol. The molecular weight excluding hydrogens is 442 g/mol. The van der Waals surface area contributed by atoms with Gasteiger partial charge < -0.3 is 14.4 Å². The van der Waals surface area contributed by atoms with Gasteiger partial charge in [0.1, 0.15) is 11.8 Å². The third-order valence-electron chi connectivity index (χ3n) is 4.86. The van der Waals surface area contributed by atoms with Crippen LogP contribution in [-0.4, -0.2) is 25.5 Å². The van der Waals surface area contributed by atoms with Crippen LogP contribution in [0.2, 0.25) is 10.0 Å². The number of nitrogens with zero attached hydrogens (tertiary/aromatic N) is 1. The van der Waals surface area contributed by atoms with Crippen LogP contribution in [0.1, 0.15) is 17.2 Å². The Hall–Kier alpha value is -2.48. The Kier molecular flexibility index (Phi) is 5.30. The van der Waals surface area contributed by atoms with Crippen molar-refractivity contribution in [2.24, 2.45) is 0 Å². The predicted octanol–water partition coefficient (Wildman–Crippen LogP) is 5.91. The van der Waals surface area contributed by atoms with Crippen LogP contribution < -0.4 is 4.90 Å². The first-order valence-corrected chi connectivity index (χ1v) is 9.55. The Balaban J connectivity index is 2.03. The van der Waals surface area contributed by atoms with Gasteiger partial charge in [-0.25, -0.2) is 4.79 Å². The SMILES string of the molecule is COC(=O)C1=C(C(F)(F)F)N2c3ccccc3C=C[C@H]2O[C@H]1c1cccc(Cl)c1Cl. The molecule has 2 aromatic rings. The lowest BCUT2D eigenvalue weighted by Crippen LogP contribution is -2.49. The summed E-state index contributed by atoms with van der Waals surface area (Å²) < 4.78 is 53.8. The van der Waals surface area contributed by atoms with Crippen LogP contribution in [0.25, 0.3) is 6.08 Å². The minimum Gasteiger partial charge on any atom is -0.466 e. The number of ether oxygens (including phenoxy) is 2. The number of carbonyl (C=O) groups excluding carboxylic acids is 1. The van der Waals surface area contributed by atoms with Gasteiger partial charge in [-0.2, -0.15) is 13.2 Å². The van der Waals surface area contributed by atoms with Crippen LogP contribution in [-0.2, 0) is 14.3 Å². The van der Waals surface area contributed by atoms with Crippen molar-refractivity contribution < 1.29 is 27.4 Å². The zero-order chi connectivity index (χ0) is 21.6. The maximum Gasteiger partial charge on any atom is 0.432 e. The molecule has 0 saturated heterocycles. The van der Waals surface area contributed by atoms with E-state index in [-0.39, 0.29) is 21.3 Å². The van der Waals surface area contributed by atoms with Gasteiger partial charge >= 0.3 is 12.1 Å². The number of anilines is 1. The number of rotatable bonds is 2. The van der Waals surface area contributed by atoms with E-state index >= 15 is 0 Å². The molecule has 0 aromatic heterocycles. The van der Waals surface area contributed by atoms with Crippen molar-refractivity contribution in [3.05, 3.63) is 81.0 Å². The minimum atomic E-state index is -4.88. The highest BCUT2D eigenvalue weighted by Gasteiger charge is 2.52. The molecular formula is C21H14Cl2F3NO3. The number of fused-ring (bicyclic) bond motifs is 3. The number of para-hydroxylation sites is 1. The number of carbonyl (C=O) groups is 1. The van der Waals surface area contributed by atoms with Gasteiger partial charge in [0.05, 0.1) is 28.4 Å². The van der Waals surface area contributed by atoms with Gasteiger partial charge in [0.2, 0.25) is 0 Å². The lowest BCUT2D eigenvalue weighted by Gasteiger charge is -2.44. The number of hydrogen-bond donors (Lipinski definition) is 0. The molecule has 2 atom stereocenters. The van der Waals surface area contributed by atoms with Gasteiger partial charge in [0, 0.05) is 5.56 Å². The smallest absolute Gasteiger partial charge is 0.432 e. The summed E-state index contributed by atoms with van der Waals surface area (Å²) in [5.41, 5.74) is -0.908. The highest BCUT2D eigenvalue weighted by Crippen LogP contribution is 2.49. The van der Waals surface area contributed by atoms with E-state index in [1.165, 1.54) is 30.3 Å². The van der Waals surface area contributed by atoms with Crippen LogP contribution >= 0.6 is 23.2 Å². The molecule has 2 aromatic carbocycles. The minimum absolute atomic E-state index is 0.000679. The molecule has 30 heavy (non-hydrogen) atoms. The number of alkyl halides is 3.